The summed E-state index contributed by atoms with van der Waals surface area (Å²) >= 11 is 1.33. The molecule has 0 unspecified atom stereocenters. The lowest BCUT2D eigenvalue weighted by Gasteiger charge is -2.15. The predicted octanol–water partition coefficient (Wildman–Crippen LogP) is 4.33. The summed E-state index contributed by atoms with van der Waals surface area (Å²) in [5, 5.41) is 5.26. The maximum atomic E-state index is 12.8. The molecule has 0 spiro atoms. The van der Waals surface area contributed by atoms with Crippen LogP contribution in [0.1, 0.15) is 42.3 Å². The van der Waals surface area contributed by atoms with E-state index in [-0.39, 0.29) is 18.9 Å². The van der Waals surface area contributed by atoms with E-state index in [1.807, 2.05) is 5.38 Å². The molecule has 2 rings (SSSR count). The van der Waals surface area contributed by atoms with Gasteiger partial charge in [0, 0.05) is 5.56 Å². The van der Waals surface area contributed by atoms with Crippen molar-refractivity contribution in [3.05, 3.63) is 34.2 Å². The number of ether oxygens (including phenoxy) is 4. The van der Waals surface area contributed by atoms with Crippen LogP contribution >= 0.6 is 11.3 Å². The number of methoxy groups -OCH3 is 3. The molecular formula is C22H29NO6S. The summed E-state index contributed by atoms with van der Waals surface area (Å²) in [6, 6.07) is 3.48. The summed E-state index contributed by atoms with van der Waals surface area (Å²) in [5.41, 5.74) is 1.96. The van der Waals surface area contributed by atoms with Gasteiger partial charge in [0.25, 0.3) is 0 Å². The zero-order valence-corrected chi connectivity index (χ0v) is 19.1. The van der Waals surface area contributed by atoms with Gasteiger partial charge in [-0.1, -0.05) is 19.9 Å². The van der Waals surface area contributed by atoms with Gasteiger partial charge in [-0.15, -0.1) is 11.3 Å². The topological polar surface area (TPSA) is 83.1 Å². The molecule has 30 heavy (non-hydrogen) atoms. The monoisotopic (exact) mass is 435 g/mol. The van der Waals surface area contributed by atoms with E-state index in [4.69, 9.17) is 18.9 Å². The molecule has 0 saturated carbocycles. The fraction of sp³-hybridized carbons (Fsp3) is 0.455. The van der Waals surface area contributed by atoms with Crippen LogP contribution in [-0.2, 0) is 22.4 Å². The lowest BCUT2D eigenvalue weighted by molar-refractivity contribution is -0.115. The standard InChI is InChI=1S/C22H29NO6S/c1-7-29-22(25)18-15(10-13(2)3)12-30-21(18)23-17(24)11-14-8-9-16(26-4)20(28-6)19(14)27-5/h8-9,12-13H,7,10-11H2,1-6H3,(H,23,24). The number of nitrogens with one attached hydrogen (secondary N) is 1. The van der Waals surface area contributed by atoms with Crippen LogP contribution in [0.15, 0.2) is 17.5 Å². The molecule has 0 saturated heterocycles. The van der Waals surface area contributed by atoms with Crippen molar-refractivity contribution in [2.75, 3.05) is 33.3 Å². The van der Waals surface area contributed by atoms with Crippen LogP contribution in [0.4, 0.5) is 5.00 Å². The van der Waals surface area contributed by atoms with Crippen LogP contribution in [0.5, 0.6) is 17.2 Å². The molecule has 0 aliphatic rings. The van der Waals surface area contributed by atoms with E-state index in [1.54, 1.807) is 19.1 Å². The highest BCUT2D eigenvalue weighted by Crippen LogP contribution is 2.40. The molecule has 8 heteroatoms. The largest absolute Gasteiger partial charge is 0.493 e. The summed E-state index contributed by atoms with van der Waals surface area (Å²) in [6.45, 7) is 6.18. The van der Waals surface area contributed by atoms with Crippen molar-refractivity contribution in [2.24, 2.45) is 5.92 Å². The Hall–Kier alpha value is -2.74. The first-order chi connectivity index (χ1) is 14.4. The molecule has 2 aromatic rings. The Labute approximate surface area is 181 Å². The van der Waals surface area contributed by atoms with Gasteiger partial charge < -0.3 is 24.3 Å². The van der Waals surface area contributed by atoms with Crippen molar-refractivity contribution >= 4 is 28.2 Å². The van der Waals surface area contributed by atoms with Crippen molar-refractivity contribution < 1.29 is 28.5 Å². The number of hydrogen-bond donors (Lipinski definition) is 1. The second kappa shape index (κ2) is 10.9. The zero-order valence-electron chi connectivity index (χ0n) is 18.3. The van der Waals surface area contributed by atoms with Crippen molar-refractivity contribution in [3.63, 3.8) is 0 Å². The van der Waals surface area contributed by atoms with E-state index in [9.17, 15) is 9.59 Å². The Balaban J connectivity index is 2.29. The van der Waals surface area contributed by atoms with Gasteiger partial charge in [-0.2, -0.15) is 0 Å². The van der Waals surface area contributed by atoms with Crippen LogP contribution in [0.25, 0.3) is 0 Å². The Morgan fingerprint density at radius 2 is 1.73 bits per heavy atom. The smallest absolute Gasteiger partial charge is 0.341 e. The van der Waals surface area contributed by atoms with E-state index in [1.165, 1.54) is 32.7 Å². The van der Waals surface area contributed by atoms with E-state index in [0.717, 1.165) is 12.0 Å². The second-order valence-electron chi connectivity index (χ2n) is 7.00. The number of thiophene rings is 1. The van der Waals surface area contributed by atoms with Gasteiger partial charge in [0.15, 0.2) is 11.5 Å². The molecular weight excluding hydrogens is 406 g/mol. The maximum Gasteiger partial charge on any atom is 0.341 e. The number of carbonyl (C=O) groups is 2. The molecule has 0 radical (unpaired) electrons. The number of rotatable bonds is 10. The van der Waals surface area contributed by atoms with Gasteiger partial charge in [0.05, 0.1) is 39.9 Å². The van der Waals surface area contributed by atoms with E-state index < -0.39 is 5.97 Å². The van der Waals surface area contributed by atoms with Crippen LogP contribution in [0, 0.1) is 5.92 Å². The normalized spacial score (nSPS) is 10.6. The molecule has 1 aromatic carbocycles. The van der Waals surface area contributed by atoms with E-state index in [0.29, 0.717) is 39.3 Å². The van der Waals surface area contributed by atoms with Gasteiger partial charge in [-0.3, -0.25) is 4.79 Å². The Bertz CT molecular complexity index is 890. The maximum absolute atomic E-state index is 12.8. The molecule has 7 nitrogen and oxygen atoms in total. The SMILES string of the molecule is CCOC(=O)c1c(CC(C)C)csc1NC(=O)Cc1ccc(OC)c(OC)c1OC. The first-order valence-corrected chi connectivity index (χ1v) is 10.6. The Morgan fingerprint density at radius 3 is 2.30 bits per heavy atom. The molecule has 1 amide bonds. The second-order valence-corrected chi connectivity index (χ2v) is 7.88. The Kier molecular flexibility index (Phi) is 8.53. The van der Waals surface area contributed by atoms with Crippen LogP contribution in [0.2, 0.25) is 0 Å². The van der Waals surface area contributed by atoms with Crippen molar-refractivity contribution in [2.45, 2.75) is 33.6 Å². The van der Waals surface area contributed by atoms with Gasteiger partial charge in [0.1, 0.15) is 5.00 Å². The highest BCUT2D eigenvalue weighted by molar-refractivity contribution is 7.15. The van der Waals surface area contributed by atoms with Crippen molar-refractivity contribution in [1.82, 2.24) is 0 Å². The zero-order chi connectivity index (χ0) is 22.3. The average molecular weight is 436 g/mol. The van der Waals surface area contributed by atoms with Gasteiger partial charge >= 0.3 is 5.97 Å². The summed E-state index contributed by atoms with van der Waals surface area (Å²) < 4.78 is 21.3. The summed E-state index contributed by atoms with van der Waals surface area (Å²) in [6.07, 6.45) is 0.771. The molecule has 1 aromatic heterocycles. The third-order valence-electron chi connectivity index (χ3n) is 4.36. The minimum Gasteiger partial charge on any atom is -0.493 e. The number of benzene rings is 1. The van der Waals surface area contributed by atoms with Crippen molar-refractivity contribution in [1.29, 1.82) is 0 Å². The number of amides is 1. The third kappa shape index (κ3) is 5.44. The number of esters is 1. The summed E-state index contributed by atoms with van der Waals surface area (Å²) in [4.78, 5) is 25.3. The lowest BCUT2D eigenvalue weighted by atomic mass is 10.0. The first-order valence-electron chi connectivity index (χ1n) is 9.71. The van der Waals surface area contributed by atoms with Crippen LogP contribution in [-0.4, -0.2) is 39.8 Å². The minimum absolute atomic E-state index is 0.0448. The quantitative estimate of drug-likeness (QED) is 0.559. The molecule has 0 atom stereocenters. The number of hydrogen-bond acceptors (Lipinski definition) is 7. The highest BCUT2D eigenvalue weighted by atomic mass is 32.1. The number of carbonyl (C=O) groups excluding carboxylic acids is 2. The molecule has 0 aliphatic carbocycles. The summed E-state index contributed by atoms with van der Waals surface area (Å²) in [5.74, 6) is 1.04. The minimum atomic E-state index is -0.423. The fourth-order valence-corrected chi connectivity index (χ4v) is 4.13. The molecule has 164 valence electrons. The molecule has 1 N–H and O–H groups in total. The van der Waals surface area contributed by atoms with E-state index in [2.05, 4.69) is 19.2 Å². The van der Waals surface area contributed by atoms with Crippen LogP contribution in [0.3, 0.4) is 0 Å². The Morgan fingerprint density at radius 1 is 1.03 bits per heavy atom. The first kappa shape index (κ1) is 23.5. The summed E-state index contributed by atoms with van der Waals surface area (Å²) in [7, 11) is 4.55. The molecule has 1 heterocycles. The van der Waals surface area contributed by atoms with E-state index >= 15 is 0 Å². The predicted molar refractivity (Wildman–Crippen MR) is 117 cm³/mol. The molecule has 0 bridgehead atoms. The molecule has 0 aliphatic heterocycles. The average Bonchev–Trinajstić information content (AvgIpc) is 3.08. The highest BCUT2D eigenvalue weighted by Gasteiger charge is 2.23. The van der Waals surface area contributed by atoms with Crippen LogP contribution < -0.4 is 19.5 Å². The van der Waals surface area contributed by atoms with Gasteiger partial charge in [-0.05, 0) is 36.3 Å². The van der Waals surface area contributed by atoms with Crippen molar-refractivity contribution in [3.8, 4) is 17.2 Å². The third-order valence-corrected chi connectivity index (χ3v) is 5.31. The van der Waals surface area contributed by atoms with Gasteiger partial charge in [0.2, 0.25) is 11.7 Å². The van der Waals surface area contributed by atoms with Gasteiger partial charge in [-0.25, -0.2) is 4.79 Å². The fourth-order valence-electron chi connectivity index (χ4n) is 3.15. The molecule has 0 fully saturated rings. The lowest BCUT2D eigenvalue weighted by Crippen LogP contribution is -2.17. The number of anilines is 1.